The van der Waals surface area contributed by atoms with Gasteiger partial charge in [-0.1, -0.05) is 23.8 Å². The van der Waals surface area contributed by atoms with E-state index in [9.17, 15) is 4.79 Å². The molecule has 3 rings (SSSR count). The van der Waals surface area contributed by atoms with Crippen LogP contribution in [0.4, 0.5) is 11.4 Å². The predicted molar refractivity (Wildman–Crippen MR) is 148 cm³/mol. The lowest BCUT2D eigenvalue weighted by molar-refractivity contribution is 0.0954. The Morgan fingerprint density at radius 2 is 1.67 bits per heavy atom. The third-order valence-electron chi connectivity index (χ3n) is 5.67. The normalized spacial score (nSPS) is 10.9. The van der Waals surface area contributed by atoms with E-state index in [1.807, 2.05) is 30.0 Å². The number of anilines is 1. The topological polar surface area (TPSA) is 135 Å². The minimum atomic E-state index is -0.404. The maximum Gasteiger partial charge on any atom is 0.271 e. The van der Waals surface area contributed by atoms with Gasteiger partial charge in [0.15, 0.2) is 0 Å². The van der Waals surface area contributed by atoms with E-state index >= 15 is 0 Å². The molecular weight excluding hydrogens is 494 g/mol. The van der Waals surface area contributed by atoms with Gasteiger partial charge in [0.1, 0.15) is 11.5 Å². The van der Waals surface area contributed by atoms with Gasteiger partial charge in [-0.15, -0.1) is 15.3 Å². The van der Waals surface area contributed by atoms with Crippen molar-refractivity contribution in [3.05, 3.63) is 83.4 Å². The van der Waals surface area contributed by atoms with Crippen LogP contribution in [0.5, 0.6) is 11.5 Å². The van der Waals surface area contributed by atoms with Gasteiger partial charge in [0.05, 0.1) is 50.5 Å². The number of nitriles is 2. The lowest BCUT2D eigenvalue weighted by atomic mass is 10.1. The number of carbonyl (C=O) groups is 1. The molecule has 39 heavy (non-hydrogen) atoms. The van der Waals surface area contributed by atoms with Crippen LogP contribution >= 0.6 is 0 Å². The molecule has 0 aliphatic carbocycles. The zero-order chi connectivity index (χ0) is 28.0. The highest BCUT2D eigenvalue weighted by Gasteiger charge is 2.16. The Morgan fingerprint density at radius 3 is 2.31 bits per heavy atom. The van der Waals surface area contributed by atoms with Gasteiger partial charge in [-0.2, -0.15) is 10.5 Å². The van der Waals surface area contributed by atoms with Gasteiger partial charge in [-0.25, -0.2) is 5.43 Å². The van der Waals surface area contributed by atoms with Gasteiger partial charge in [-0.3, -0.25) is 4.79 Å². The van der Waals surface area contributed by atoms with Gasteiger partial charge in [0, 0.05) is 36.5 Å². The molecule has 1 N–H and O–H groups in total. The fourth-order valence-electron chi connectivity index (χ4n) is 3.59. The second-order valence-corrected chi connectivity index (χ2v) is 8.33. The number of hydrogen-bond donors (Lipinski definition) is 1. The molecule has 0 aliphatic rings. The number of ether oxygens (including phenoxy) is 2. The number of hydrazone groups is 1. The summed E-state index contributed by atoms with van der Waals surface area (Å²) in [6, 6.07) is 23.8. The molecule has 0 spiro atoms. The molecule has 0 saturated heterocycles. The van der Waals surface area contributed by atoms with Crippen LogP contribution in [0.25, 0.3) is 0 Å². The first-order valence-electron chi connectivity index (χ1n) is 12.2. The standard InChI is InChI=1S/C29H29N7O3/c1-21-9-11-22(12-10-21)29(37)35-34-28(33-32-23-7-4-8-25(19-23)38-2)26-14-13-24(20-27(26)39-3)36(17-5-15-30)18-6-16-31/h4,7-14,19-20H,5-6,17-18H2,1-3H3,(H,35,37)/b33-32?,34-28-. The first-order valence-corrected chi connectivity index (χ1v) is 12.2. The summed E-state index contributed by atoms with van der Waals surface area (Å²) < 4.78 is 10.9. The summed E-state index contributed by atoms with van der Waals surface area (Å²) in [5.41, 5.74) is 5.82. The summed E-state index contributed by atoms with van der Waals surface area (Å²) in [7, 11) is 3.08. The molecule has 10 heteroatoms. The van der Waals surface area contributed by atoms with Crippen LogP contribution in [0.2, 0.25) is 0 Å². The Labute approximate surface area is 227 Å². The van der Waals surface area contributed by atoms with Crippen molar-refractivity contribution < 1.29 is 14.3 Å². The number of nitrogens with one attached hydrogen (secondary N) is 1. The fourth-order valence-corrected chi connectivity index (χ4v) is 3.59. The van der Waals surface area contributed by atoms with Crippen molar-refractivity contribution in [2.45, 2.75) is 19.8 Å². The number of nitrogens with zero attached hydrogens (tertiary/aromatic N) is 6. The quantitative estimate of drug-likeness (QED) is 0.152. The Hall–Kier alpha value is -5.22. The molecule has 0 heterocycles. The Balaban J connectivity index is 2.00. The number of amidine groups is 1. The summed E-state index contributed by atoms with van der Waals surface area (Å²) in [5.74, 6) is 0.759. The first-order chi connectivity index (χ1) is 19.0. The highest BCUT2D eigenvalue weighted by molar-refractivity contribution is 6.03. The molecule has 198 valence electrons. The van der Waals surface area contributed by atoms with Crippen LogP contribution in [-0.4, -0.2) is 39.1 Å². The molecule has 0 radical (unpaired) electrons. The average molecular weight is 524 g/mol. The third kappa shape index (κ3) is 8.14. The summed E-state index contributed by atoms with van der Waals surface area (Å²) in [6.07, 6.45) is 0.615. The number of hydrogen-bond acceptors (Lipinski definition) is 8. The van der Waals surface area contributed by atoms with Gasteiger partial charge in [0.2, 0.25) is 5.84 Å². The number of amides is 1. The molecule has 1 amide bonds. The number of methoxy groups -OCH3 is 2. The van der Waals surface area contributed by atoms with Crippen LogP contribution in [0, 0.1) is 29.6 Å². The summed E-state index contributed by atoms with van der Waals surface area (Å²) >= 11 is 0. The molecule has 0 bridgehead atoms. The molecular formula is C29H29N7O3. The van der Waals surface area contributed by atoms with E-state index in [-0.39, 0.29) is 5.84 Å². The van der Waals surface area contributed by atoms with Gasteiger partial charge in [0.25, 0.3) is 5.91 Å². The highest BCUT2D eigenvalue weighted by Crippen LogP contribution is 2.28. The van der Waals surface area contributed by atoms with Crippen LogP contribution in [-0.2, 0) is 0 Å². The van der Waals surface area contributed by atoms with E-state index in [1.54, 1.807) is 55.6 Å². The van der Waals surface area contributed by atoms with Crippen molar-refractivity contribution in [3.63, 3.8) is 0 Å². The van der Waals surface area contributed by atoms with Crippen LogP contribution in [0.1, 0.15) is 34.3 Å². The van der Waals surface area contributed by atoms with E-state index in [2.05, 4.69) is 32.9 Å². The number of carbonyl (C=O) groups excluding carboxylic acids is 1. The van der Waals surface area contributed by atoms with Crippen molar-refractivity contribution in [2.24, 2.45) is 15.3 Å². The predicted octanol–water partition coefficient (Wildman–Crippen LogP) is 5.52. The summed E-state index contributed by atoms with van der Waals surface area (Å²) in [5, 5.41) is 31.0. The van der Waals surface area contributed by atoms with Crippen LogP contribution in [0.3, 0.4) is 0 Å². The van der Waals surface area contributed by atoms with Crippen molar-refractivity contribution in [1.29, 1.82) is 10.5 Å². The molecule has 0 atom stereocenters. The first kappa shape index (κ1) is 28.4. The molecule has 0 saturated carbocycles. The highest BCUT2D eigenvalue weighted by atomic mass is 16.5. The lowest BCUT2D eigenvalue weighted by Gasteiger charge is -2.23. The average Bonchev–Trinajstić information content (AvgIpc) is 2.97. The second-order valence-electron chi connectivity index (χ2n) is 8.33. The molecule has 0 aliphatic heterocycles. The van der Waals surface area contributed by atoms with Crippen LogP contribution < -0.4 is 19.8 Å². The summed E-state index contributed by atoms with van der Waals surface area (Å²) in [4.78, 5) is 14.7. The van der Waals surface area contributed by atoms with E-state index in [1.165, 1.54) is 7.11 Å². The fraction of sp³-hybridized carbons (Fsp3) is 0.241. The van der Waals surface area contributed by atoms with Gasteiger partial charge >= 0.3 is 0 Å². The van der Waals surface area contributed by atoms with Crippen molar-refractivity contribution in [2.75, 3.05) is 32.2 Å². The number of rotatable bonds is 11. The van der Waals surface area contributed by atoms with Gasteiger partial charge in [-0.05, 0) is 43.3 Å². The largest absolute Gasteiger partial charge is 0.497 e. The molecule has 0 fully saturated rings. The molecule has 3 aromatic rings. The number of aryl methyl sites for hydroxylation is 1. The van der Waals surface area contributed by atoms with Crippen LogP contribution in [0.15, 0.2) is 82.1 Å². The SMILES string of the molecule is COc1cccc(N=N/C(=N\NC(=O)c2ccc(C)cc2)c2ccc(N(CCC#N)CCC#N)cc2OC)c1. The number of azo groups is 1. The summed E-state index contributed by atoms with van der Waals surface area (Å²) in [6.45, 7) is 2.86. The van der Waals surface area contributed by atoms with E-state index in [0.717, 1.165) is 11.3 Å². The molecule has 0 unspecified atom stereocenters. The van der Waals surface area contributed by atoms with E-state index in [4.69, 9.17) is 20.0 Å². The minimum absolute atomic E-state index is 0.113. The van der Waals surface area contributed by atoms with Crippen molar-refractivity contribution in [3.8, 4) is 23.6 Å². The van der Waals surface area contributed by atoms with Crippen molar-refractivity contribution >= 4 is 23.1 Å². The molecule has 3 aromatic carbocycles. The third-order valence-corrected chi connectivity index (χ3v) is 5.67. The molecule has 0 aromatic heterocycles. The number of benzene rings is 3. The maximum absolute atomic E-state index is 12.8. The molecule has 10 nitrogen and oxygen atoms in total. The van der Waals surface area contributed by atoms with Crippen molar-refractivity contribution in [1.82, 2.24) is 5.43 Å². The zero-order valence-electron chi connectivity index (χ0n) is 22.1. The van der Waals surface area contributed by atoms with E-state index in [0.29, 0.717) is 54.2 Å². The lowest BCUT2D eigenvalue weighted by Crippen LogP contribution is -2.25. The second kappa shape index (κ2) is 14.5. The Morgan fingerprint density at radius 1 is 0.949 bits per heavy atom. The smallest absolute Gasteiger partial charge is 0.271 e. The Bertz CT molecular complexity index is 1400. The minimum Gasteiger partial charge on any atom is -0.497 e. The Kier molecular flexibility index (Phi) is 10.5. The van der Waals surface area contributed by atoms with Gasteiger partial charge < -0.3 is 14.4 Å². The maximum atomic E-state index is 12.8. The zero-order valence-corrected chi connectivity index (χ0v) is 22.1. The van der Waals surface area contributed by atoms with E-state index < -0.39 is 5.91 Å². The monoisotopic (exact) mass is 523 g/mol.